The molecule has 0 aliphatic heterocycles. The number of aryl methyl sites for hydroxylation is 1. The first-order chi connectivity index (χ1) is 16.2. The average Bonchev–Trinajstić information content (AvgIpc) is 3.27. The fourth-order valence-electron chi connectivity index (χ4n) is 4.44. The van der Waals surface area contributed by atoms with Crippen LogP contribution in [0.5, 0.6) is 0 Å². The SMILES string of the molecule is CCC(C)=Cc1c(NC2CCCC2)cc(Br)cc1C(=O)NCc1c(CN(C)C)cc(C)[nH]c1=O. The highest BCUT2D eigenvalue weighted by Gasteiger charge is 2.20. The normalized spacial score (nSPS) is 14.6. The van der Waals surface area contributed by atoms with Crippen molar-refractivity contribution < 1.29 is 4.79 Å². The molecule has 0 unspecified atom stereocenters. The van der Waals surface area contributed by atoms with Gasteiger partial charge in [-0.2, -0.15) is 0 Å². The Morgan fingerprint density at radius 1 is 1.24 bits per heavy atom. The molecular weight excluding hydrogens is 492 g/mol. The number of carbonyl (C=O) groups excluding carboxylic acids is 1. The number of amides is 1. The molecule has 184 valence electrons. The lowest BCUT2D eigenvalue weighted by molar-refractivity contribution is 0.0950. The molecule has 6 nitrogen and oxygen atoms in total. The predicted molar refractivity (Wildman–Crippen MR) is 144 cm³/mol. The van der Waals surface area contributed by atoms with E-state index in [9.17, 15) is 9.59 Å². The van der Waals surface area contributed by atoms with Crippen molar-refractivity contribution in [1.29, 1.82) is 0 Å². The molecule has 7 heteroatoms. The molecule has 1 saturated carbocycles. The van der Waals surface area contributed by atoms with Gasteiger partial charge in [-0.25, -0.2) is 0 Å². The van der Waals surface area contributed by atoms with Crippen LogP contribution in [0.15, 0.2) is 33.0 Å². The number of halogens is 1. The van der Waals surface area contributed by atoms with E-state index in [2.05, 4.69) is 57.5 Å². The van der Waals surface area contributed by atoms with Crippen LogP contribution in [0.1, 0.15) is 78.7 Å². The fraction of sp³-hybridized carbons (Fsp3) is 0.481. The summed E-state index contributed by atoms with van der Waals surface area (Å²) < 4.78 is 0.853. The lowest BCUT2D eigenvalue weighted by Gasteiger charge is -2.20. The van der Waals surface area contributed by atoms with Gasteiger partial charge >= 0.3 is 0 Å². The quantitative estimate of drug-likeness (QED) is 0.395. The molecule has 1 aromatic heterocycles. The van der Waals surface area contributed by atoms with Gasteiger partial charge in [0.2, 0.25) is 0 Å². The summed E-state index contributed by atoms with van der Waals surface area (Å²) in [5.41, 5.74) is 5.85. The Hall–Kier alpha value is -2.38. The number of rotatable bonds is 9. The van der Waals surface area contributed by atoms with Crippen LogP contribution < -0.4 is 16.2 Å². The zero-order chi connectivity index (χ0) is 24.8. The van der Waals surface area contributed by atoms with E-state index >= 15 is 0 Å². The number of hydrogen-bond acceptors (Lipinski definition) is 4. The van der Waals surface area contributed by atoms with Gasteiger partial charge in [0.15, 0.2) is 0 Å². The minimum atomic E-state index is -0.193. The van der Waals surface area contributed by atoms with Crippen LogP contribution >= 0.6 is 15.9 Å². The van der Waals surface area contributed by atoms with Crippen molar-refractivity contribution in [3.63, 3.8) is 0 Å². The van der Waals surface area contributed by atoms with Gasteiger partial charge in [0, 0.05) is 51.7 Å². The number of H-pyrrole nitrogens is 1. The summed E-state index contributed by atoms with van der Waals surface area (Å²) >= 11 is 3.60. The molecule has 1 aliphatic rings. The maximum absolute atomic E-state index is 13.5. The maximum Gasteiger partial charge on any atom is 0.253 e. The minimum Gasteiger partial charge on any atom is -0.382 e. The summed E-state index contributed by atoms with van der Waals surface area (Å²) in [6.07, 6.45) is 7.78. The van der Waals surface area contributed by atoms with Gasteiger partial charge in [0.1, 0.15) is 0 Å². The molecule has 0 bridgehead atoms. The minimum absolute atomic E-state index is 0.156. The lowest BCUT2D eigenvalue weighted by Crippen LogP contribution is -2.30. The number of anilines is 1. The Balaban J connectivity index is 1.94. The first-order valence-corrected chi connectivity index (χ1v) is 12.9. The van der Waals surface area contributed by atoms with Crippen molar-refractivity contribution in [3.8, 4) is 0 Å². The zero-order valence-corrected chi connectivity index (χ0v) is 22.6. The number of hydrogen-bond donors (Lipinski definition) is 3. The van der Waals surface area contributed by atoms with E-state index in [4.69, 9.17) is 0 Å². The van der Waals surface area contributed by atoms with Crippen LogP contribution in [-0.4, -0.2) is 35.9 Å². The Labute approximate surface area is 211 Å². The third-order valence-corrected chi connectivity index (χ3v) is 6.79. The first-order valence-electron chi connectivity index (χ1n) is 12.1. The second-order valence-corrected chi connectivity index (χ2v) is 10.5. The second-order valence-electron chi connectivity index (χ2n) is 9.59. The second kappa shape index (κ2) is 11.8. The van der Waals surface area contributed by atoms with Gasteiger partial charge in [-0.05, 0) is 71.0 Å². The largest absolute Gasteiger partial charge is 0.382 e. The molecule has 0 saturated heterocycles. The van der Waals surface area contributed by atoms with Crippen molar-refractivity contribution >= 4 is 33.6 Å². The van der Waals surface area contributed by atoms with Crippen LogP contribution in [-0.2, 0) is 13.1 Å². The van der Waals surface area contributed by atoms with Gasteiger partial charge in [-0.1, -0.05) is 47.3 Å². The van der Waals surface area contributed by atoms with Gasteiger partial charge in [0.05, 0.1) is 0 Å². The number of aromatic nitrogens is 1. The van der Waals surface area contributed by atoms with E-state index in [0.29, 0.717) is 23.7 Å². The summed E-state index contributed by atoms with van der Waals surface area (Å²) in [7, 11) is 3.93. The molecule has 0 radical (unpaired) electrons. The highest BCUT2D eigenvalue weighted by atomic mass is 79.9. The van der Waals surface area contributed by atoms with Crippen molar-refractivity contribution in [2.75, 3.05) is 19.4 Å². The molecule has 0 atom stereocenters. The van der Waals surface area contributed by atoms with Crippen molar-refractivity contribution in [3.05, 3.63) is 66.5 Å². The van der Waals surface area contributed by atoms with Crippen LogP contribution in [0.2, 0.25) is 0 Å². The number of carbonyl (C=O) groups is 1. The highest BCUT2D eigenvalue weighted by molar-refractivity contribution is 9.10. The molecule has 1 heterocycles. The predicted octanol–water partition coefficient (Wildman–Crippen LogP) is 5.61. The molecule has 2 aromatic rings. The maximum atomic E-state index is 13.5. The van der Waals surface area contributed by atoms with E-state index in [1.54, 1.807) is 0 Å². The molecular formula is C27H37BrN4O2. The van der Waals surface area contributed by atoms with Crippen molar-refractivity contribution in [2.45, 2.75) is 72.0 Å². The topological polar surface area (TPSA) is 77.2 Å². The van der Waals surface area contributed by atoms with E-state index in [1.807, 2.05) is 38.1 Å². The summed E-state index contributed by atoms with van der Waals surface area (Å²) in [5, 5.41) is 6.69. The third-order valence-electron chi connectivity index (χ3n) is 6.33. The molecule has 1 amide bonds. The van der Waals surface area contributed by atoms with E-state index < -0.39 is 0 Å². The number of pyridine rings is 1. The molecule has 34 heavy (non-hydrogen) atoms. The lowest BCUT2D eigenvalue weighted by atomic mass is 10.00. The molecule has 0 spiro atoms. The standard InChI is InChI=1S/C27H37BrN4O2/c1-6-17(2)11-22-23(13-20(28)14-25(22)31-21-9-7-8-10-21)26(33)29-15-24-19(16-32(4)5)12-18(3)30-27(24)34/h11-14,21,31H,6-10,15-16H2,1-5H3,(H,29,33)(H,30,34). The molecule has 1 aliphatic carbocycles. The number of allylic oxidation sites excluding steroid dienone is 1. The van der Waals surface area contributed by atoms with Gasteiger partial charge in [-0.15, -0.1) is 0 Å². The van der Waals surface area contributed by atoms with Crippen LogP contribution in [0, 0.1) is 6.92 Å². The van der Waals surface area contributed by atoms with Crippen LogP contribution in [0.3, 0.4) is 0 Å². The zero-order valence-electron chi connectivity index (χ0n) is 21.0. The van der Waals surface area contributed by atoms with E-state index in [-0.39, 0.29) is 18.0 Å². The number of nitrogens with zero attached hydrogens (tertiary/aromatic N) is 1. The van der Waals surface area contributed by atoms with Crippen LogP contribution in [0.4, 0.5) is 5.69 Å². The Morgan fingerprint density at radius 3 is 2.59 bits per heavy atom. The Kier molecular flexibility index (Phi) is 9.14. The molecule has 3 rings (SSSR count). The summed E-state index contributed by atoms with van der Waals surface area (Å²) in [4.78, 5) is 31.0. The molecule has 1 aromatic carbocycles. The number of nitrogens with one attached hydrogen (secondary N) is 3. The smallest absolute Gasteiger partial charge is 0.253 e. The molecule has 1 fully saturated rings. The summed E-state index contributed by atoms with van der Waals surface area (Å²) in [6.45, 7) is 6.88. The average molecular weight is 530 g/mol. The highest BCUT2D eigenvalue weighted by Crippen LogP contribution is 2.31. The monoisotopic (exact) mass is 528 g/mol. The molecule has 3 N–H and O–H groups in total. The Bertz CT molecular complexity index is 1110. The van der Waals surface area contributed by atoms with E-state index in [1.165, 1.54) is 18.4 Å². The summed E-state index contributed by atoms with van der Waals surface area (Å²) in [6, 6.07) is 6.33. The van der Waals surface area contributed by atoms with Crippen molar-refractivity contribution in [1.82, 2.24) is 15.2 Å². The van der Waals surface area contributed by atoms with Crippen LogP contribution in [0.25, 0.3) is 6.08 Å². The fourth-order valence-corrected chi connectivity index (χ4v) is 4.90. The van der Waals surface area contributed by atoms with Crippen molar-refractivity contribution in [2.24, 2.45) is 0 Å². The van der Waals surface area contributed by atoms with Gasteiger partial charge < -0.3 is 20.5 Å². The third kappa shape index (κ3) is 6.83. The van der Waals surface area contributed by atoms with Gasteiger partial charge in [0.25, 0.3) is 11.5 Å². The van der Waals surface area contributed by atoms with E-state index in [0.717, 1.165) is 46.2 Å². The summed E-state index contributed by atoms with van der Waals surface area (Å²) in [5.74, 6) is -0.193. The number of aromatic amines is 1. The first kappa shape index (κ1) is 26.2. The van der Waals surface area contributed by atoms with Gasteiger partial charge in [-0.3, -0.25) is 9.59 Å². The number of benzene rings is 1. The Morgan fingerprint density at radius 2 is 1.94 bits per heavy atom.